The molecule has 0 heterocycles. The molecule has 3 heteroatoms. The van der Waals surface area contributed by atoms with Gasteiger partial charge in [-0.2, -0.15) is 0 Å². The fraction of sp³-hybridized carbons (Fsp3) is 0.824. The lowest BCUT2D eigenvalue weighted by Gasteiger charge is -2.05. The molecule has 0 fully saturated rings. The summed E-state index contributed by atoms with van der Waals surface area (Å²) in [6.07, 6.45) is 15.6. The second-order valence-electron chi connectivity index (χ2n) is 5.39. The molecule has 0 amide bonds. The van der Waals surface area contributed by atoms with Crippen LogP contribution < -0.4 is 0 Å². The minimum atomic E-state index is -0.427. The van der Waals surface area contributed by atoms with Gasteiger partial charge < -0.3 is 9.84 Å². The van der Waals surface area contributed by atoms with Crippen LogP contribution in [0.2, 0.25) is 0 Å². The van der Waals surface area contributed by atoms with Gasteiger partial charge in [-0.05, 0) is 6.42 Å². The van der Waals surface area contributed by atoms with Gasteiger partial charge in [-0.25, -0.2) is 0 Å². The number of carbonyl (C=O) groups excluding carboxylic acids is 1. The predicted octanol–water partition coefficient (Wildman–Crippen LogP) is 4.39. The zero-order valence-corrected chi connectivity index (χ0v) is 13.3. The number of esters is 1. The van der Waals surface area contributed by atoms with Crippen molar-refractivity contribution in [2.24, 2.45) is 0 Å². The monoisotopic (exact) mass is 284 g/mol. The summed E-state index contributed by atoms with van der Waals surface area (Å²) in [5, 5.41) is 9.70. The van der Waals surface area contributed by atoms with Crippen LogP contribution in [0.1, 0.15) is 77.6 Å². The van der Waals surface area contributed by atoms with Gasteiger partial charge in [0.2, 0.25) is 0 Å². The molecule has 0 aromatic rings. The van der Waals surface area contributed by atoms with Gasteiger partial charge in [0.05, 0.1) is 19.6 Å². The normalized spacial score (nSPS) is 12.8. The first-order valence-electron chi connectivity index (χ1n) is 8.12. The Hall–Kier alpha value is -0.830. The number of rotatable bonds is 13. The van der Waals surface area contributed by atoms with E-state index in [0.29, 0.717) is 0 Å². The summed E-state index contributed by atoms with van der Waals surface area (Å²) in [5.41, 5.74) is 0. The summed E-state index contributed by atoms with van der Waals surface area (Å²) in [6.45, 7) is 2.24. The van der Waals surface area contributed by atoms with Crippen molar-refractivity contribution >= 4 is 5.97 Å². The number of hydrogen-bond acceptors (Lipinski definition) is 3. The summed E-state index contributed by atoms with van der Waals surface area (Å²) in [4.78, 5) is 10.9. The average Bonchev–Trinajstić information content (AvgIpc) is 2.45. The van der Waals surface area contributed by atoms with E-state index in [0.717, 1.165) is 12.8 Å². The Kier molecular flexibility index (Phi) is 14.0. The average molecular weight is 284 g/mol. The third-order valence-electron chi connectivity index (χ3n) is 3.47. The lowest BCUT2D eigenvalue weighted by molar-refractivity contribution is -0.139. The van der Waals surface area contributed by atoms with E-state index >= 15 is 0 Å². The highest BCUT2D eigenvalue weighted by Gasteiger charge is 2.00. The molecule has 0 aromatic heterocycles. The molecule has 0 radical (unpaired) electrons. The molecule has 0 aliphatic heterocycles. The van der Waals surface area contributed by atoms with Crippen LogP contribution >= 0.6 is 0 Å². The molecule has 3 nitrogen and oxygen atoms in total. The van der Waals surface area contributed by atoms with Crippen molar-refractivity contribution in [3.63, 3.8) is 0 Å². The molecule has 118 valence electrons. The van der Waals surface area contributed by atoms with E-state index in [1.807, 2.05) is 0 Å². The van der Waals surface area contributed by atoms with Crippen LogP contribution in [-0.2, 0) is 9.53 Å². The predicted molar refractivity (Wildman–Crippen MR) is 83.6 cm³/mol. The Bertz CT molecular complexity index is 249. The maximum absolute atomic E-state index is 10.9. The Morgan fingerprint density at radius 3 is 2.15 bits per heavy atom. The molecule has 0 saturated carbocycles. The van der Waals surface area contributed by atoms with Crippen molar-refractivity contribution in [1.82, 2.24) is 0 Å². The minimum Gasteiger partial charge on any atom is -0.469 e. The highest BCUT2D eigenvalue weighted by atomic mass is 16.5. The molecule has 0 unspecified atom stereocenters. The van der Waals surface area contributed by atoms with Gasteiger partial charge in [-0.1, -0.05) is 76.9 Å². The van der Waals surface area contributed by atoms with Crippen molar-refractivity contribution < 1.29 is 14.6 Å². The Morgan fingerprint density at radius 1 is 1.05 bits per heavy atom. The minimum absolute atomic E-state index is 0.241. The summed E-state index contributed by atoms with van der Waals surface area (Å²) < 4.78 is 4.52. The van der Waals surface area contributed by atoms with Crippen LogP contribution in [0.3, 0.4) is 0 Å². The number of hydrogen-bond donors (Lipinski definition) is 1. The van der Waals surface area contributed by atoms with Gasteiger partial charge in [0.1, 0.15) is 0 Å². The summed E-state index contributed by atoms with van der Waals surface area (Å²) in [5.74, 6) is -0.267. The molecule has 0 rings (SSSR count). The molecule has 0 saturated heterocycles. The molecule has 0 aliphatic carbocycles. The Labute approximate surface area is 124 Å². The first kappa shape index (κ1) is 19.2. The van der Waals surface area contributed by atoms with Crippen molar-refractivity contribution in [3.8, 4) is 0 Å². The van der Waals surface area contributed by atoms with Gasteiger partial charge in [-0.15, -0.1) is 0 Å². The third-order valence-corrected chi connectivity index (χ3v) is 3.47. The summed E-state index contributed by atoms with van der Waals surface area (Å²) in [6, 6.07) is 0. The van der Waals surface area contributed by atoms with Crippen LogP contribution in [0.15, 0.2) is 12.2 Å². The van der Waals surface area contributed by atoms with E-state index in [4.69, 9.17) is 0 Å². The van der Waals surface area contributed by atoms with Crippen molar-refractivity contribution in [1.29, 1.82) is 0 Å². The molecule has 1 N–H and O–H groups in total. The van der Waals surface area contributed by atoms with E-state index in [1.165, 1.54) is 58.5 Å². The molecular weight excluding hydrogens is 252 g/mol. The van der Waals surface area contributed by atoms with Crippen LogP contribution in [-0.4, -0.2) is 24.3 Å². The SMILES string of the molecule is CCCCCCCCCCC[C@H](O)/C=C/CC(=O)OC. The molecule has 1 atom stereocenters. The van der Waals surface area contributed by atoms with Crippen LogP contribution in [0, 0.1) is 0 Å². The van der Waals surface area contributed by atoms with Crippen molar-refractivity contribution in [2.75, 3.05) is 7.11 Å². The molecular formula is C17H32O3. The van der Waals surface area contributed by atoms with Crippen molar-refractivity contribution in [2.45, 2.75) is 83.7 Å². The van der Waals surface area contributed by atoms with E-state index in [2.05, 4.69) is 11.7 Å². The second kappa shape index (κ2) is 14.6. The number of aliphatic hydroxyl groups excluding tert-OH is 1. The Morgan fingerprint density at radius 2 is 1.60 bits per heavy atom. The van der Waals surface area contributed by atoms with E-state index in [1.54, 1.807) is 12.2 Å². The van der Waals surface area contributed by atoms with Gasteiger partial charge in [-0.3, -0.25) is 4.79 Å². The number of unbranched alkanes of at least 4 members (excludes halogenated alkanes) is 8. The summed E-state index contributed by atoms with van der Waals surface area (Å²) >= 11 is 0. The maximum atomic E-state index is 10.9. The van der Waals surface area contributed by atoms with Crippen molar-refractivity contribution in [3.05, 3.63) is 12.2 Å². The fourth-order valence-corrected chi connectivity index (χ4v) is 2.17. The molecule has 0 bridgehead atoms. The quantitative estimate of drug-likeness (QED) is 0.310. The van der Waals surface area contributed by atoms with Gasteiger partial charge >= 0.3 is 5.97 Å². The van der Waals surface area contributed by atoms with Gasteiger partial charge in [0.25, 0.3) is 0 Å². The second-order valence-corrected chi connectivity index (χ2v) is 5.39. The first-order valence-corrected chi connectivity index (χ1v) is 8.12. The number of aliphatic hydroxyl groups is 1. The zero-order chi connectivity index (χ0) is 15.1. The van der Waals surface area contributed by atoms with E-state index in [9.17, 15) is 9.90 Å². The highest BCUT2D eigenvalue weighted by molar-refractivity contribution is 5.70. The van der Waals surface area contributed by atoms with Crippen LogP contribution in [0.25, 0.3) is 0 Å². The zero-order valence-electron chi connectivity index (χ0n) is 13.3. The highest BCUT2D eigenvalue weighted by Crippen LogP contribution is 2.11. The molecule has 0 aromatic carbocycles. The fourth-order valence-electron chi connectivity index (χ4n) is 2.17. The topological polar surface area (TPSA) is 46.5 Å². The summed E-state index contributed by atoms with van der Waals surface area (Å²) in [7, 11) is 1.37. The largest absolute Gasteiger partial charge is 0.469 e. The van der Waals surface area contributed by atoms with Crippen LogP contribution in [0.4, 0.5) is 0 Å². The maximum Gasteiger partial charge on any atom is 0.309 e. The molecule has 0 spiro atoms. The van der Waals surface area contributed by atoms with Crippen LogP contribution in [0.5, 0.6) is 0 Å². The third kappa shape index (κ3) is 13.6. The first-order chi connectivity index (χ1) is 9.70. The molecule has 0 aliphatic rings. The lowest BCUT2D eigenvalue weighted by atomic mass is 10.0. The Balaban J connectivity index is 3.30. The number of methoxy groups -OCH3 is 1. The van der Waals surface area contributed by atoms with E-state index in [-0.39, 0.29) is 12.4 Å². The number of ether oxygens (including phenoxy) is 1. The lowest BCUT2D eigenvalue weighted by Crippen LogP contribution is -2.03. The molecule has 20 heavy (non-hydrogen) atoms. The standard InChI is InChI=1S/C17H32O3/c1-3-4-5-6-7-8-9-10-11-13-16(18)14-12-15-17(19)20-2/h12,14,16,18H,3-11,13,15H2,1-2H3/b14-12+/t16-/m0/s1. The van der Waals surface area contributed by atoms with Gasteiger partial charge in [0.15, 0.2) is 0 Å². The number of carbonyl (C=O) groups is 1. The van der Waals surface area contributed by atoms with Gasteiger partial charge in [0, 0.05) is 0 Å². The van der Waals surface area contributed by atoms with E-state index < -0.39 is 6.10 Å². The smallest absolute Gasteiger partial charge is 0.309 e.